The van der Waals surface area contributed by atoms with E-state index >= 15 is 0 Å². The minimum Gasteiger partial charge on any atom is -0.381 e. The number of benzene rings is 1. The van der Waals surface area contributed by atoms with Gasteiger partial charge in [0.25, 0.3) is 0 Å². The van der Waals surface area contributed by atoms with Crippen molar-refractivity contribution < 1.29 is 4.74 Å². The van der Waals surface area contributed by atoms with E-state index in [9.17, 15) is 0 Å². The Morgan fingerprint density at radius 3 is 2.82 bits per heavy atom. The van der Waals surface area contributed by atoms with Gasteiger partial charge in [-0.2, -0.15) is 0 Å². The van der Waals surface area contributed by atoms with E-state index in [4.69, 9.17) is 10.5 Å². The molecule has 0 spiro atoms. The number of nitrogens with two attached hydrogens (primary N) is 1. The monoisotopic (exact) mass is 234 g/mol. The minimum atomic E-state index is -0.305. The van der Waals surface area contributed by atoms with Gasteiger partial charge in [0, 0.05) is 19.7 Å². The fraction of sp³-hybridized carbons (Fsp3) is 0.571. The van der Waals surface area contributed by atoms with Crippen LogP contribution in [0.5, 0.6) is 0 Å². The second-order valence-electron chi connectivity index (χ2n) is 5.14. The van der Waals surface area contributed by atoms with Gasteiger partial charge in [-0.15, -0.1) is 0 Å². The van der Waals surface area contributed by atoms with Crippen LogP contribution in [0.3, 0.4) is 0 Å². The number of ether oxygens (including phenoxy) is 1. The highest BCUT2D eigenvalue weighted by molar-refractivity contribution is 5.23. The molecule has 2 unspecified atom stereocenters. The average molecular weight is 234 g/mol. The summed E-state index contributed by atoms with van der Waals surface area (Å²) >= 11 is 0. The van der Waals surface area contributed by atoms with Crippen LogP contribution in [0.4, 0.5) is 0 Å². The van der Waals surface area contributed by atoms with Crippen LogP contribution in [0.1, 0.15) is 18.9 Å². The van der Waals surface area contributed by atoms with Crippen molar-refractivity contribution in [2.24, 2.45) is 11.7 Å². The Bertz CT molecular complexity index is 331. The smallest absolute Gasteiger partial charge is 0.0507 e. The molecule has 1 saturated heterocycles. The van der Waals surface area contributed by atoms with Crippen molar-refractivity contribution in [3.63, 3.8) is 0 Å². The van der Waals surface area contributed by atoms with Crippen LogP contribution in [0.25, 0.3) is 0 Å². The lowest BCUT2D eigenvalue weighted by molar-refractivity contribution is 0.185. The molecule has 0 amide bonds. The lowest BCUT2D eigenvalue weighted by Crippen LogP contribution is -2.44. The quantitative estimate of drug-likeness (QED) is 0.811. The SMILES string of the molecule is CC(N)(CNCC1CCOC1)c1ccccc1. The van der Waals surface area contributed by atoms with Gasteiger partial charge in [0.1, 0.15) is 0 Å². The second kappa shape index (κ2) is 5.63. The largest absolute Gasteiger partial charge is 0.381 e. The zero-order valence-corrected chi connectivity index (χ0v) is 10.5. The summed E-state index contributed by atoms with van der Waals surface area (Å²) in [6, 6.07) is 10.3. The predicted molar refractivity (Wildman–Crippen MR) is 69.8 cm³/mol. The predicted octanol–water partition coefficient (Wildman–Crippen LogP) is 1.49. The molecule has 3 heteroatoms. The number of hydrogen-bond acceptors (Lipinski definition) is 3. The maximum absolute atomic E-state index is 6.33. The fourth-order valence-electron chi connectivity index (χ4n) is 2.20. The maximum Gasteiger partial charge on any atom is 0.0507 e. The van der Waals surface area contributed by atoms with Gasteiger partial charge >= 0.3 is 0 Å². The van der Waals surface area contributed by atoms with Gasteiger partial charge in [0.15, 0.2) is 0 Å². The molecule has 1 aromatic carbocycles. The molecule has 17 heavy (non-hydrogen) atoms. The Morgan fingerprint density at radius 2 is 2.18 bits per heavy atom. The molecule has 1 fully saturated rings. The summed E-state index contributed by atoms with van der Waals surface area (Å²) in [6.45, 7) is 5.66. The van der Waals surface area contributed by atoms with Gasteiger partial charge in [0.2, 0.25) is 0 Å². The fourth-order valence-corrected chi connectivity index (χ4v) is 2.20. The zero-order valence-electron chi connectivity index (χ0n) is 10.5. The van der Waals surface area contributed by atoms with Crippen molar-refractivity contribution >= 4 is 0 Å². The summed E-state index contributed by atoms with van der Waals surface area (Å²) < 4.78 is 5.35. The summed E-state index contributed by atoms with van der Waals surface area (Å²) in [5.41, 5.74) is 7.20. The van der Waals surface area contributed by atoms with Crippen molar-refractivity contribution in [2.75, 3.05) is 26.3 Å². The van der Waals surface area contributed by atoms with Gasteiger partial charge in [0.05, 0.1) is 12.1 Å². The maximum atomic E-state index is 6.33. The molecule has 0 aliphatic carbocycles. The van der Waals surface area contributed by atoms with Crippen LogP contribution < -0.4 is 11.1 Å². The van der Waals surface area contributed by atoms with Gasteiger partial charge in [-0.25, -0.2) is 0 Å². The van der Waals surface area contributed by atoms with Crippen molar-refractivity contribution in [3.8, 4) is 0 Å². The Kier molecular flexibility index (Phi) is 4.15. The molecule has 1 heterocycles. The number of rotatable bonds is 5. The van der Waals surface area contributed by atoms with Crippen LogP contribution in [0, 0.1) is 5.92 Å². The minimum absolute atomic E-state index is 0.305. The van der Waals surface area contributed by atoms with Crippen LogP contribution >= 0.6 is 0 Å². The van der Waals surface area contributed by atoms with Crippen LogP contribution in [0.15, 0.2) is 30.3 Å². The van der Waals surface area contributed by atoms with Crippen LogP contribution in [-0.4, -0.2) is 26.3 Å². The highest BCUT2D eigenvalue weighted by Crippen LogP contribution is 2.17. The third kappa shape index (κ3) is 3.53. The Morgan fingerprint density at radius 1 is 1.41 bits per heavy atom. The Labute approximate surface area is 103 Å². The normalized spacial score (nSPS) is 23.5. The molecule has 0 radical (unpaired) electrons. The van der Waals surface area contributed by atoms with E-state index in [2.05, 4.69) is 24.4 Å². The first kappa shape index (κ1) is 12.6. The summed E-state index contributed by atoms with van der Waals surface area (Å²) in [5, 5.41) is 3.46. The van der Waals surface area contributed by atoms with Crippen LogP contribution in [0.2, 0.25) is 0 Å². The average Bonchev–Trinajstić information content (AvgIpc) is 2.83. The molecule has 0 bridgehead atoms. The van der Waals surface area contributed by atoms with Crippen molar-refractivity contribution in [1.82, 2.24) is 5.32 Å². The number of nitrogens with one attached hydrogen (secondary N) is 1. The Hall–Kier alpha value is -0.900. The molecule has 0 aromatic heterocycles. The summed E-state index contributed by atoms with van der Waals surface area (Å²) in [7, 11) is 0. The third-order valence-corrected chi connectivity index (χ3v) is 3.38. The van der Waals surface area contributed by atoms with Gasteiger partial charge in [-0.3, -0.25) is 0 Å². The highest BCUT2D eigenvalue weighted by atomic mass is 16.5. The molecule has 1 aromatic rings. The van der Waals surface area contributed by atoms with Crippen molar-refractivity contribution in [1.29, 1.82) is 0 Å². The Balaban J connectivity index is 1.80. The molecule has 3 nitrogen and oxygen atoms in total. The lowest BCUT2D eigenvalue weighted by atomic mass is 9.93. The summed E-state index contributed by atoms with van der Waals surface area (Å²) in [4.78, 5) is 0. The van der Waals surface area contributed by atoms with Gasteiger partial charge < -0.3 is 15.8 Å². The van der Waals surface area contributed by atoms with E-state index in [1.54, 1.807) is 0 Å². The number of hydrogen-bond donors (Lipinski definition) is 2. The van der Waals surface area contributed by atoms with Gasteiger partial charge in [-0.05, 0) is 24.8 Å². The second-order valence-corrected chi connectivity index (χ2v) is 5.14. The van der Waals surface area contributed by atoms with Gasteiger partial charge in [-0.1, -0.05) is 30.3 Å². The molecule has 1 aliphatic rings. The van der Waals surface area contributed by atoms with E-state index in [-0.39, 0.29) is 5.54 Å². The summed E-state index contributed by atoms with van der Waals surface area (Å²) in [5.74, 6) is 0.654. The molecule has 3 N–H and O–H groups in total. The third-order valence-electron chi connectivity index (χ3n) is 3.38. The van der Waals surface area contributed by atoms with Crippen molar-refractivity contribution in [2.45, 2.75) is 18.9 Å². The van der Waals surface area contributed by atoms with E-state index in [1.807, 2.05) is 18.2 Å². The topological polar surface area (TPSA) is 47.3 Å². The van der Waals surface area contributed by atoms with E-state index in [0.29, 0.717) is 5.92 Å². The zero-order chi connectivity index (χ0) is 12.1. The molecule has 2 rings (SSSR count). The van der Waals surface area contributed by atoms with E-state index in [0.717, 1.165) is 26.3 Å². The standard InChI is InChI=1S/C14H22N2O/c1-14(15,13-5-3-2-4-6-13)11-16-9-12-7-8-17-10-12/h2-6,12,16H,7-11,15H2,1H3. The molecule has 2 atom stereocenters. The first-order valence-corrected chi connectivity index (χ1v) is 6.31. The van der Waals surface area contributed by atoms with E-state index < -0.39 is 0 Å². The molecular weight excluding hydrogens is 212 g/mol. The molecule has 1 aliphatic heterocycles. The summed E-state index contributed by atoms with van der Waals surface area (Å²) in [6.07, 6.45) is 1.17. The molecule has 94 valence electrons. The molecule has 0 saturated carbocycles. The van der Waals surface area contributed by atoms with Crippen molar-refractivity contribution in [3.05, 3.63) is 35.9 Å². The van der Waals surface area contributed by atoms with Crippen LogP contribution in [-0.2, 0) is 10.3 Å². The molecular formula is C14H22N2O. The lowest BCUT2D eigenvalue weighted by Gasteiger charge is -2.26. The first-order valence-electron chi connectivity index (χ1n) is 6.31. The van der Waals surface area contributed by atoms with E-state index in [1.165, 1.54) is 12.0 Å². The first-order chi connectivity index (χ1) is 8.18. The highest BCUT2D eigenvalue weighted by Gasteiger charge is 2.21.